The molecule has 1 saturated heterocycles. The summed E-state index contributed by atoms with van der Waals surface area (Å²) >= 11 is 1.41. The zero-order chi connectivity index (χ0) is 30.2. The van der Waals surface area contributed by atoms with E-state index in [0.29, 0.717) is 35.1 Å². The molecule has 4 atom stereocenters. The monoisotopic (exact) mass is 612 g/mol. The van der Waals surface area contributed by atoms with Crippen molar-refractivity contribution in [2.45, 2.75) is 83.0 Å². The van der Waals surface area contributed by atoms with Gasteiger partial charge < -0.3 is 10.1 Å². The van der Waals surface area contributed by atoms with E-state index < -0.39 is 41.7 Å². The highest BCUT2D eigenvalue weighted by molar-refractivity contribution is 7.07. The quantitative estimate of drug-likeness (QED) is 0.271. The summed E-state index contributed by atoms with van der Waals surface area (Å²) in [6.45, 7) is 3.67. The van der Waals surface area contributed by atoms with Crippen LogP contribution in [0.3, 0.4) is 0 Å². The standard InChI is InChI=1S/C29H30F6N4O2S/c1-3-17-6-4-5-7-23(17)38-26-20(8-19(12-36-26)24-14-42-15-37-24)13-39-16(2)25(41-27(39)40)18-9-21(28(30,31)32)11-22(10-18)29(33,34)35/h8-12,14-17,23,25H,3-7,13H2,1-2H3,(H,36,38)/t16-,17?,23?,25-/m0/s1. The van der Waals surface area contributed by atoms with Crippen LogP contribution in [0.2, 0.25) is 0 Å². The lowest BCUT2D eigenvalue weighted by atomic mass is 9.83. The number of amides is 1. The smallest absolute Gasteiger partial charge is 0.416 e. The second-order valence-electron chi connectivity index (χ2n) is 10.8. The van der Waals surface area contributed by atoms with Crippen LogP contribution < -0.4 is 5.32 Å². The molecule has 3 aromatic rings. The number of nitrogens with zero attached hydrogens (tertiary/aromatic N) is 3. The van der Waals surface area contributed by atoms with Crippen molar-refractivity contribution in [1.82, 2.24) is 14.9 Å². The van der Waals surface area contributed by atoms with Crippen molar-refractivity contribution in [2.75, 3.05) is 5.32 Å². The summed E-state index contributed by atoms with van der Waals surface area (Å²) in [5.74, 6) is 1.02. The normalized spacial score (nSPS) is 23.2. The molecular weight excluding hydrogens is 582 g/mol. The summed E-state index contributed by atoms with van der Waals surface area (Å²) in [5.41, 5.74) is 0.452. The minimum Gasteiger partial charge on any atom is -0.439 e. The predicted octanol–water partition coefficient (Wildman–Crippen LogP) is 8.71. The molecule has 6 nitrogen and oxygen atoms in total. The predicted molar refractivity (Wildman–Crippen MR) is 146 cm³/mol. The molecule has 2 fully saturated rings. The number of halogens is 6. The Bertz CT molecular complexity index is 1380. The molecule has 2 aliphatic rings. The SMILES string of the molecule is CCC1CCCCC1Nc1ncc(-c2cscn2)cc1CN1C(=O)O[C@H](c2cc(C(F)(F)F)cc(C(F)(F)F)c2)[C@@H]1C. The Morgan fingerprint density at radius 1 is 1.02 bits per heavy atom. The van der Waals surface area contributed by atoms with Crippen LogP contribution in [0.15, 0.2) is 41.4 Å². The van der Waals surface area contributed by atoms with E-state index in [1.54, 1.807) is 18.6 Å². The molecule has 3 heterocycles. The van der Waals surface area contributed by atoms with Crippen LogP contribution in [0.1, 0.15) is 74.3 Å². The number of benzene rings is 1. The van der Waals surface area contributed by atoms with Gasteiger partial charge in [0.25, 0.3) is 0 Å². The van der Waals surface area contributed by atoms with Crippen LogP contribution >= 0.6 is 11.3 Å². The number of ether oxygens (including phenoxy) is 1. The van der Waals surface area contributed by atoms with Crippen molar-refractivity contribution in [2.24, 2.45) is 5.92 Å². The first-order valence-corrected chi connectivity index (χ1v) is 14.7. The van der Waals surface area contributed by atoms with Crippen molar-refractivity contribution in [3.8, 4) is 11.3 Å². The summed E-state index contributed by atoms with van der Waals surface area (Å²) in [6, 6.07) is 2.45. The number of hydrogen-bond acceptors (Lipinski definition) is 6. The van der Waals surface area contributed by atoms with Crippen molar-refractivity contribution in [3.63, 3.8) is 0 Å². The molecule has 0 spiro atoms. The largest absolute Gasteiger partial charge is 0.439 e. The molecule has 1 N–H and O–H groups in total. The first-order chi connectivity index (χ1) is 19.8. The molecular formula is C29H30F6N4O2S. The van der Waals surface area contributed by atoms with Gasteiger partial charge in [-0.25, -0.2) is 14.8 Å². The van der Waals surface area contributed by atoms with Crippen molar-refractivity contribution in [1.29, 1.82) is 0 Å². The number of thiazole rings is 1. The molecule has 42 heavy (non-hydrogen) atoms. The third-order valence-corrected chi connectivity index (χ3v) is 8.71. The number of carbonyl (C=O) groups excluding carboxylic acids is 1. The molecule has 5 rings (SSSR count). The first-order valence-electron chi connectivity index (χ1n) is 13.8. The third kappa shape index (κ3) is 6.35. The number of hydrogen-bond donors (Lipinski definition) is 1. The molecule has 0 bridgehead atoms. The van der Waals surface area contributed by atoms with E-state index in [1.165, 1.54) is 16.2 Å². The zero-order valence-electron chi connectivity index (χ0n) is 22.9. The van der Waals surface area contributed by atoms with Crippen LogP contribution in [0.5, 0.6) is 0 Å². The second kappa shape index (κ2) is 11.7. The number of cyclic esters (lactones) is 1. The molecule has 13 heteroatoms. The Balaban J connectivity index is 1.47. The number of pyridine rings is 1. The Labute approximate surface area is 243 Å². The second-order valence-corrected chi connectivity index (χ2v) is 11.5. The number of aromatic nitrogens is 2. The molecule has 1 aliphatic carbocycles. The zero-order valence-corrected chi connectivity index (χ0v) is 23.7. The molecule has 1 saturated carbocycles. The van der Waals surface area contributed by atoms with Crippen LogP contribution in [0.4, 0.5) is 37.0 Å². The van der Waals surface area contributed by atoms with E-state index in [4.69, 9.17) is 4.74 Å². The first kappa shape index (κ1) is 30.1. The highest BCUT2D eigenvalue weighted by atomic mass is 32.1. The fraction of sp³-hybridized carbons (Fsp3) is 0.483. The van der Waals surface area contributed by atoms with Gasteiger partial charge in [-0.2, -0.15) is 26.3 Å². The van der Waals surface area contributed by atoms with E-state index in [9.17, 15) is 31.1 Å². The summed E-state index contributed by atoms with van der Waals surface area (Å²) in [5, 5.41) is 5.42. The van der Waals surface area contributed by atoms with E-state index in [2.05, 4.69) is 22.2 Å². The fourth-order valence-corrected chi connectivity index (χ4v) is 6.37. The van der Waals surface area contributed by atoms with Gasteiger partial charge >= 0.3 is 18.4 Å². The number of nitrogens with one attached hydrogen (secondary N) is 1. The van der Waals surface area contributed by atoms with Gasteiger partial charge in [-0.05, 0) is 55.5 Å². The van der Waals surface area contributed by atoms with Gasteiger partial charge in [-0.3, -0.25) is 4.90 Å². The van der Waals surface area contributed by atoms with Gasteiger partial charge in [0.2, 0.25) is 0 Å². The summed E-state index contributed by atoms with van der Waals surface area (Å²) in [7, 11) is 0. The minimum absolute atomic E-state index is 0.0155. The number of carbonyl (C=O) groups is 1. The molecule has 2 aromatic heterocycles. The van der Waals surface area contributed by atoms with Crippen molar-refractivity contribution >= 4 is 23.2 Å². The summed E-state index contributed by atoms with van der Waals surface area (Å²) in [6.07, 6.45) is -5.22. The Kier molecular flexibility index (Phi) is 8.41. The molecule has 1 amide bonds. The maximum absolute atomic E-state index is 13.5. The Morgan fingerprint density at radius 3 is 2.33 bits per heavy atom. The Morgan fingerprint density at radius 2 is 1.71 bits per heavy atom. The van der Waals surface area contributed by atoms with Gasteiger partial charge in [0.15, 0.2) is 0 Å². The van der Waals surface area contributed by atoms with Crippen molar-refractivity contribution < 1.29 is 35.9 Å². The van der Waals surface area contributed by atoms with Gasteiger partial charge in [-0.15, -0.1) is 11.3 Å². The van der Waals surface area contributed by atoms with Crippen LogP contribution in [0.25, 0.3) is 11.3 Å². The molecule has 1 aromatic carbocycles. The topological polar surface area (TPSA) is 67.4 Å². The fourth-order valence-electron chi connectivity index (χ4n) is 5.80. The van der Waals surface area contributed by atoms with Gasteiger partial charge in [-0.1, -0.05) is 26.2 Å². The average molecular weight is 613 g/mol. The van der Waals surface area contributed by atoms with Gasteiger partial charge in [0.1, 0.15) is 11.9 Å². The molecule has 0 radical (unpaired) electrons. The van der Waals surface area contributed by atoms with Crippen molar-refractivity contribution in [3.05, 3.63) is 63.6 Å². The lowest BCUT2D eigenvalue weighted by molar-refractivity contribution is -0.143. The van der Waals surface area contributed by atoms with E-state index in [1.807, 2.05) is 11.4 Å². The molecule has 2 unspecified atom stereocenters. The molecule has 1 aliphatic heterocycles. The highest BCUT2D eigenvalue weighted by Gasteiger charge is 2.43. The van der Waals surface area contributed by atoms with E-state index >= 15 is 0 Å². The van der Waals surface area contributed by atoms with Gasteiger partial charge in [0, 0.05) is 28.7 Å². The van der Waals surface area contributed by atoms with Crippen LogP contribution in [0, 0.1) is 5.92 Å². The number of alkyl halides is 6. The van der Waals surface area contributed by atoms with Gasteiger partial charge in [0.05, 0.1) is 34.9 Å². The average Bonchev–Trinajstić information content (AvgIpc) is 3.58. The number of anilines is 1. The van der Waals surface area contributed by atoms with Crippen LogP contribution in [-0.2, 0) is 23.6 Å². The van der Waals surface area contributed by atoms with Crippen LogP contribution in [-0.4, -0.2) is 33.0 Å². The van der Waals surface area contributed by atoms with E-state index in [0.717, 1.165) is 37.7 Å². The minimum atomic E-state index is -5.01. The highest BCUT2D eigenvalue weighted by Crippen LogP contribution is 2.41. The van der Waals surface area contributed by atoms with E-state index in [-0.39, 0.29) is 24.2 Å². The Hall–Kier alpha value is -3.35. The summed E-state index contributed by atoms with van der Waals surface area (Å²) < 4.78 is 86.4. The lowest BCUT2D eigenvalue weighted by Crippen LogP contribution is -2.34. The maximum Gasteiger partial charge on any atom is 0.416 e. The summed E-state index contributed by atoms with van der Waals surface area (Å²) in [4.78, 5) is 23.4. The lowest BCUT2D eigenvalue weighted by Gasteiger charge is -2.33. The number of rotatable bonds is 7. The maximum atomic E-state index is 13.5. The molecule has 226 valence electrons. The third-order valence-electron chi connectivity index (χ3n) is 8.12.